The Labute approximate surface area is 146 Å². The maximum Gasteiger partial charge on any atom is 0.261 e. The van der Waals surface area contributed by atoms with E-state index in [1.807, 2.05) is 42.5 Å². The molecule has 0 unspecified atom stereocenters. The van der Waals surface area contributed by atoms with Crippen LogP contribution in [-0.2, 0) is 10.0 Å². The van der Waals surface area contributed by atoms with E-state index < -0.39 is 10.0 Å². The summed E-state index contributed by atoms with van der Waals surface area (Å²) in [6.07, 6.45) is 0. The molecule has 0 saturated heterocycles. The number of para-hydroxylation sites is 1. The first-order chi connectivity index (χ1) is 11.5. The Kier molecular flexibility index (Phi) is 4.74. The zero-order valence-corrected chi connectivity index (χ0v) is 14.2. The molecule has 0 aliphatic rings. The third kappa shape index (κ3) is 4.07. The van der Waals surface area contributed by atoms with Gasteiger partial charge in [-0.1, -0.05) is 29.8 Å². The molecule has 122 valence electrons. The highest BCUT2D eigenvalue weighted by Gasteiger charge is 2.13. The maximum atomic E-state index is 12.3. The molecule has 2 N–H and O–H groups in total. The van der Waals surface area contributed by atoms with Gasteiger partial charge in [0.1, 0.15) is 0 Å². The number of nitrogens with one attached hydrogen (secondary N) is 2. The number of anilines is 3. The summed E-state index contributed by atoms with van der Waals surface area (Å²) in [4.78, 5) is 0.165. The summed E-state index contributed by atoms with van der Waals surface area (Å²) in [7, 11) is -3.63. The molecule has 3 aromatic rings. The van der Waals surface area contributed by atoms with Gasteiger partial charge < -0.3 is 5.32 Å². The van der Waals surface area contributed by atoms with E-state index >= 15 is 0 Å². The van der Waals surface area contributed by atoms with Crippen LogP contribution < -0.4 is 10.0 Å². The highest BCUT2D eigenvalue weighted by molar-refractivity contribution is 7.92. The van der Waals surface area contributed by atoms with Crippen molar-refractivity contribution in [2.75, 3.05) is 10.0 Å². The molecule has 0 saturated carbocycles. The third-order valence-electron chi connectivity index (χ3n) is 3.32. The molecule has 0 heterocycles. The molecule has 0 fully saturated rings. The summed E-state index contributed by atoms with van der Waals surface area (Å²) >= 11 is 5.78. The van der Waals surface area contributed by atoms with Gasteiger partial charge in [0, 0.05) is 22.1 Å². The van der Waals surface area contributed by atoms with E-state index in [1.54, 1.807) is 24.3 Å². The van der Waals surface area contributed by atoms with Crippen molar-refractivity contribution in [1.29, 1.82) is 0 Å². The standard InChI is InChI=1S/C18H15ClN2O2S/c19-14-6-12-18(13-7-14)24(22,23)21-17-10-8-16(9-11-17)20-15-4-2-1-3-5-15/h1-13,20-21H. The fourth-order valence-electron chi connectivity index (χ4n) is 2.14. The van der Waals surface area contributed by atoms with Gasteiger partial charge in [-0.2, -0.15) is 0 Å². The van der Waals surface area contributed by atoms with E-state index in [2.05, 4.69) is 10.0 Å². The smallest absolute Gasteiger partial charge is 0.261 e. The molecule has 3 rings (SSSR count). The molecule has 0 spiro atoms. The van der Waals surface area contributed by atoms with Crippen molar-refractivity contribution in [2.24, 2.45) is 0 Å². The first-order valence-electron chi connectivity index (χ1n) is 7.23. The lowest BCUT2D eigenvalue weighted by atomic mass is 10.2. The molecule has 24 heavy (non-hydrogen) atoms. The normalized spacial score (nSPS) is 11.0. The van der Waals surface area contributed by atoms with Gasteiger partial charge in [0.15, 0.2) is 0 Å². The molecule has 0 aromatic heterocycles. The van der Waals surface area contributed by atoms with Crippen LogP contribution in [0, 0.1) is 0 Å². The number of sulfonamides is 1. The lowest BCUT2D eigenvalue weighted by molar-refractivity contribution is 0.601. The first kappa shape index (κ1) is 16.4. The molecule has 3 aromatic carbocycles. The van der Waals surface area contributed by atoms with Crippen molar-refractivity contribution in [2.45, 2.75) is 4.90 Å². The zero-order valence-electron chi connectivity index (χ0n) is 12.6. The minimum atomic E-state index is -3.63. The van der Waals surface area contributed by atoms with Crippen molar-refractivity contribution in [3.05, 3.63) is 83.9 Å². The van der Waals surface area contributed by atoms with Crippen molar-refractivity contribution < 1.29 is 8.42 Å². The Morgan fingerprint density at radius 2 is 1.21 bits per heavy atom. The number of rotatable bonds is 5. The molecule has 4 nitrogen and oxygen atoms in total. The predicted molar refractivity (Wildman–Crippen MR) is 98.4 cm³/mol. The van der Waals surface area contributed by atoms with Gasteiger partial charge in [-0.3, -0.25) is 4.72 Å². The van der Waals surface area contributed by atoms with Crippen LogP contribution in [0.25, 0.3) is 0 Å². The molecule has 0 aliphatic carbocycles. The van der Waals surface area contributed by atoms with Crippen LogP contribution in [0.4, 0.5) is 17.1 Å². The molecule has 0 bridgehead atoms. The highest BCUT2D eigenvalue weighted by atomic mass is 35.5. The van der Waals surface area contributed by atoms with Crippen LogP contribution in [0.1, 0.15) is 0 Å². The van der Waals surface area contributed by atoms with Crippen molar-refractivity contribution in [1.82, 2.24) is 0 Å². The van der Waals surface area contributed by atoms with Crippen LogP contribution in [0.15, 0.2) is 83.8 Å². The Hall–Kier alpha value is -2.50. The van der Waals surface area contributed by atoms with Crippen LogP contribution in [-0.4, -0.2) is 8.42 Å². The molecular weight excluding hydrogens is 344 g/mol. The first-order valence-corrected chi connectivity index (χ1v) is 9.10. The minimum Gasteiger partial charge on any atom is -0.356 e. The quantitative estimate of drug-likeness (QED) is 0.683. The maximum absolute atomic E-state index is 12.3. The van der Waals surface area contributed by atoms with E-state index in [-0.39, 0.29) is 4.90 Å². The minimum absolute atomic E-state index is 0.165. The van der Waals surface area contributed by atoms with Crippen LogP contribution in [0.3, 0.4) is 0 Å². The molecule has 0 radical (unpaired) electrons. The largest absolute Gasteiger partial charge is 0.356 e. The van der Waals surface area contributed by atoms with E-state index in [0.29, 0.717) is 10.7 Å². The molecule has 0 amide bonds. The summed E-state index contributed by atoms with van der Waals surface area (Å²) in [5, 5.41) is 3.73. The SMILES string of the molecule is O=S(=O)(Nc1ccc(Nc2ccccc2)cc1)c1ccc(Cl)cc1. The van der Waals surface area contributed by atoms with Gasteiger partial charge in [-0.15, -0.1) is 0 Å². The summed E-state index contributed by atoms with van der Waals surface area (Å²) in [6.45, 7) is 0. The van der Waals surface area contributed by atoms with Crippen molar-refractivity contribution in [3.63, 3.8) is 0 Å². The number of benzene rings is 3. The topological polar surface area (TPSA) is 58.2 Å². The average molecular weight is 359 g/mol. The van der Waals surface area contributed by atoms with Gasteiger partial charge in [0.2, 0.25) is 0 Å². The summed E-state index contributed by atoms with van der Waals surface area (Å²) in [5.74, 6) is 0. The molecule has 0 atom stereocenters. The average Bonchev–Trinajstić information content (AvgIpc) is 2.58. The van der Waals surface area contributed by atoms with E-state index in [1.165, 1.54) is 12.1 Å². The molecule has 6 heteroatoms. The van der Waals surface area contributed by atoms with Gasteiger partial charge in [0.25, 0.3) is 10.0 Å². The van der Waals surface area contributed by atoms with Gasteiger partial charge in [-0.25, -0.2) is 8.42 Å². The lowest BCUT2D eigenvalue weighted by Crippen LogP contribution is -2.12. The van der Waals surface area contributed by atoms with Crippen LogP contribution >= 0.6 is 11.6 Å². The lowest BCUT2D eigenvalue weighted by Gasteiger charge is -2.10. The van der Waals surface area contributed by atoms with Gasteiger partial charge in [-0.05, 0) is 60.7 Å². The Balaban J connectivity index is 1.73. The van der Waals surface area contributed by atoms with Crippen LogP contribution in [0.5, 0.6) is 0 Å². The fourth-order valence-corrected chi connectivity index (χ4v) is 3.32. The summed E-state index contributed by atoms with van der Waals surface area (Å²) < 4.78 is 27.2. The van der Waals surface area contributed by atoms with Crippen molar-refractivity contribution in [3.8, 4) is 0 Å². The predicted octanol–water partition coefficient (Wildman–Crippen LogP) is 4.88. The zero-order chi connectivity index (χ0) is 17.0. The van der Waals surface area contributed by atoms with E-state index in [9.17, 15) is 8.42 Å². The van der Waals surface area contributed by atoms with Crippen LogP contribution in [0.2, 0.25) is 5.02 Å². The highest BCUT2D eigenvalue weighted by Crippen LogP contribution is 2.21. The van der Waals surface area contributed by atoms with E-state index in [0.717, 1.165) is 11.4 Å². The second kappa shape index (κ2) is 6.95. The second-order valence-corrected chi connectivity index (χ2v) is 7.25. The van der Waals surface area contributed by atoms with Gasteiger partial charge in [0.05, 0.1) is 4.90 Å². The number of halogens is 1. The monoisotopic (exact) mass is 358 g/mol. The van der Waals surface area contributed by atoms with E-state index in [4.69, 9.17) is 11.6 Å². The Bertz CT molecular complexity index is 909. The molecule has 0 aliphatic heterocycles. The van der Waals surface area contributed by atoms with Crippen molar-refractivity contribution >= 4 is 38.7 Å². The summed E-state index contributed by atoms with van der Waals surface area (Å²) in [5.41, 5.74) is 2.33. The summed E-state index contributed by atoms with van der Waals surface area (Å²) in [6, 6.07) is 22.8. The Morgan fingerprint density at radius 3 is 1.83 bits per heavy atom. The Morgan fingerprint density at radius 1 is 0.667 bits per heavy atom. The third-order valence-corrected chi connectivity index (χ3v) is 4.97. The number of hydrogen-bond donors (Lipinski definition) is 2. The second-order valence-electron chi connectivity index (χ2n) is 5.13. The molecular formula is C18H15ClN2O2S. The number of hydrogen-bond acceptors (Lipinski definition) is 3. The van der Waals surface area contributed by atoms with Gasteiger partial charge >= 0.3 is 0 Å². The fraction of sp³-hybridized carbons (Fsp3) is 0.